The molecule has 114 valence electrons. The summed E-state index contributed by atoms with van der Waals surface area (Å²) in [5.41, 5.74) is 5.34. The number of hydrogen-bond acceptors (Lipinski definition) is 6. The van der Waals surface area contributed by atoms with Gasteiger partial charge in [-0.3, -0.25) is 4.55 Å². The highest BCUT2D eigenvalue weighted by Crippen LogP contribution is 2.28. The van der Waals surface area contributed by atoms with Crippen molar-refractivity contribution in [1.82, 2.24) is 4.57 Å². The SMILES string of the molecule is COC(=O)c1c(N)c(C#N)cn1-c1ccccc1S(=O)(=O)O. The molecule has 0 spiro atoms. The van der Waals surface area contributed by atoms with E-state index in [4.69, 9.17) is 11.0 Å². The number of esters is 1. The Hall–Kier alpha value is -2.83. The smallest absolute Gasteiger partial charge is 0.357 e. The minimum atomic E-state index is -4.54. The van der Waals surface area contributed by atoms with Crippen LogP contribution in [-0.2, 0) is 14.9 Å². The second-order valence-corrected chi connectivity index (χ2v) is 5.61. The fourth-order valence-corrected chi connectivity index (χ4v) is 2.66. The second-order valence-electron chi connectivity index (χ2n) is 4.22. The number of benzene rings is 1. The lowest BCUT2D eigenvalue weighted by atomic mass is 10.2. The average Bonchev–Trinajstić information content (AvgIpc) is 2.82. The van der Waals surface area contributed by atoms with Crippen LogP contribution in [0.15, 0.2) is 35.4 Å². The lowest BCUT2D eigenvalue weighted by molar-refractivity contribution is 0.0593. The largest absolute Gasteiger partial charge is 0.464 e. The van der Waals surface area contributed by atoms with E-state index in [9.17, 15) is 17.8 Å². The van der Waals surface area contributed by atoms with Gasteiger partial charge in [0.1, 0.15) is 11.0 Å². The van der Waals surface area contributed by atoms with Crippen LogP contribution in [0.4, 0.5) is 5.69 Å². The van der Waals surface area contributed by atoms with E-state index in [1.165, 1.54) is 24.4 Å². The highest BCUT2D eigenvalue weighted by Gasteiger charge is 2.25. The van der Waals surface area contributed by atoms with E-state index in [2.05, 4.69) is 4.74 Å². The molecule has 22 heavy (non-hydrogen) atoms. The van der Waals surface area contributed by atoms with Gasteiger partial charge in [0.05, 0.1) is 24.0 Å². The van der Waals surface area contributed by atoms with Gasteiger partial charge < -0.3 is 15.0 Å². The highest BCUT2D eigenvalue weighted by molar-refractivity contribution is 7.86. The Kier molecular flexibility index (Phi) is 3.90. The summed E-state index contributed by atoms with van der Waals surface area (Å²) in [6.45, 7) is 0. The molecule has 2 aromatic rings. The predicted octanol–water partition coefficient (Wildman–Crippen LogP) is 0.964. The fourth-order valence-electron chi connectivity index (χ4n) is 1.98. The van der Waals surface area contributed by atoms with Crippen molar-refractivity contribution in [2.45, 2.75) is 4.90 Å². The van der Waals surface area contributed by atoms with Crippen LogP contribution in [0.2, 0.25) is 0 Å². The van der Waals surface area contributed by atoms with E-state index in [0.29, 0.717) is 0 Å². The molecule has 0 aliphatic carbocycles. The quantitative estimate of drug-likeness (QED) is 0.635. The lowest BCUT2D eigenvalue weighted by Crippen LogP contribution is -2.13. The second kappa shape index (κ2) is 5.51. The van der Waals surface area contributed by atoms with Gasteiger partial charge in [0.25, 0.3) is 10.1 Å². The molecule has 0 bridgehead atoms. The molecule has 0 aliphatic rings. The molecular weight excluding hydrogens is 310 g/mol. The van der Waals surface area contributed by atoms with Gasteiger partial charge in [-0.1, -0.05) is 12.1 Å². The molecule has 1 aromatic carbocycles. The van der Waals surface area contributed by atoms with Crippen LogP contribution >= 0.6 is 0 Å². The molecule has 0 saturated heterocycles. The minimum absolute atomic E-state index is 0.0226. The summed E-state index contributed by atoms with van der Waals surface area (Å²) in [5.74, 6) is -0.843. The van der Waals surface area contributed by atoms with Crippen molar-refractivity contribution in [3.63, 3.8) is 0 Å². The molecule has 0 atom stereocenters. The third kappa shape index (κ3) is 2.52. The van der Waals surface area contributed by atoms with E-state index in [-0.39, 0.29) is 22.6 Å². The molecule has 0 unspecified atom stereocenters. The number of nitriles is 1. The molecule has 1 heterocycles. The standard InChI is InChI=1S/C13H11N3O5S/c1-21-13(17)12-11(15)8(6-14)7-16(12)9-4-2-3-5-10(9)22(18,19)20/h2-5,7H,15H2,1H3,(H,18,19,20). The molecule has 9 heteroatoms. The van der Waals surface area contributed by atoms with E-state index in [0.717, 1.165) is 17.7 Å². The first-order valence-corrected chi connectivity index (χ1v) is 7.31. The van der Waals surface area contributed by atoms with Gasteiger partial charge in [-0.2, -0.15) is 13.7 Å². The molecular formula is C13H11N3O5S. The van der Waals surface area contributed by atoms with Crippen LogP contribution in [0.3, 0.4) is 0 Å². The number of carbonyl (C=O) groups is 1. The Morgan fingerprint density at radius 2 is 2.05 bits per heavy atom. The average molecular weight is 321 g/mol. The van der Waals surface area contributed by atoms with Gasteiger partial charge >= 0.3 is 5.97 Å². The van der Waals surface area contributed by atoms with Gasteiger partial charge in [0, 0.05) is 6.20 Å². The number of methoxy groups -OCH3 is 1. The molecule has 3 N–H and O–H groups in total. The van der Waals surface area contributed by atoms with E-state index < -0.39 is 21.0 Å². The molecule has 2 rings (SSSR count). The zero-order valence-corrected chi connectivity index (χ0v) is 12.2. The first-order chi connectivity index (χ1) is 10.3. The third-order valence-corrected chi connectivity index (χ3v) is 3.85. The zero-order valence-electron chi connectivity index (χ0n) is 11.3. The normalized spacial score (nSPS) is 11.0. The van der Waals surface area contributed by atoms with Crippen LogP contribution < -0.4 is 5.73 Å². The Bertz CT molecular complexity index is 893. The van der Waals surface area contributed by atoms with Gasteiger partial charge in [0.15, 0.2) is 5.69 Å². The van der Waals surface area contributed by atoms with Crippen LogP contribution in [0.25, 0.3) is 5.69 Å². The number of aromatic nitrogens is 1. The summed E-state index contributed by atoms with van der Waals surface area (Å²) in [5, 5.41) is 9.02. The molecule has 0 radical (unpaired) electrons. The van der Waals surface area contributed by atoms with Crippen LogP contribution in [0.5, 0.6) is 0 Å². The van der Waals surface area contributed by atoms with E-state index >= 15 is 0 Å². The number of para-hydroxylation sites is 1. The summed E-state index contributed by atoms with van der Waals surface area (Å²) < 4.78 is 37.9. The predicted molar refractivity (Wildman–Crippen MR) is 76.1 cm³/mol. The molecule has 0 amide bonds. The molecule has 0 aliphatic heterocycles. The maximum Gasteiger partial charge on any atom is 0.357 e. The number of nitrogens with zero attached hydrogens (tertiary/aromatic N) is 2. The molecule has 0 fully saturated rings. The summed E-state index contributed by atoms with van der Waals surface area (Å²) in [7, 11) is -3.41. The number of nitrogen functional groups attached to an aromatic ring is 1. The highest BCUT2D eigenvalue weighted by atomic mass is 32.2. The van der Waals surface area contributed by atoms with Gasteiger partial charge in [-0.15, -0.1) is 0 Å². The molecule has 1 aromatic heterocycles. The Labute approximate surface area is 126 Å². The summed E-state index contributed by atoms with van der Waals surface area (Å²) in [6, 6.07) is 7.23. The number of ether oxygens (including phenoxy) is 1. The van der Waals surface area contributed by atoms with Crippen LogP contribution in [0.1, 0.15) is 16.1 Å². The summed E-state index contributed by atoms with van der Waals surface area (Å²) >= 11 is 0. The zero-order chi connectivity index (χ0) is 16.5. The Morgan fingerprint density at radius 3 is 2.59 bits per heavy atom. The van der Waals surface area contributed by atoms with Crippen LogP contribution in [-0.4, -0.2) is 30.6 Å². The van der Waals surface area contributed by atoms with Gasteiger partial charge in [-0.25, -0.2) is 4.79 Å². The first-order valence-electron chi connectivity index (χ1n) is 5.87. The van der Waals surface area contributed by atoms with Crippen molar-refractivity contribution >= 4 is 21.8 Å². The number of hydrogen-bond donors (Lipinski definition) is 2. The Balaban J connectivity index is 2.86. The number of anilines is 1. The fraction of sp³-hybridized carbons (Fsp3) is 0.0769. The van der Waals surface area contributed by atoms with Crippen molar-refractivity contribution in [2.75, 3.05) is 12.8 Å². The maximum atomic E-state index is 11.9. The Morgan fingerprint density at radius 1 is 1.41 bits per heavy atom. The van der Waals surface area contributed by atoms with E-state index in [1.807, 2.05) is 0 Å². The number of carbonyl (C=O) groups excluding carboxylic acids is 1. The van der Waals surface area contributed by atoms with Gasteiger partial charge in [-0.05, 0) is 12.1 Å². The summed E-state index contributed by atoms with van der Waals surface area (Å²) in [4.78, 5) is 11.4. The lowest BCUT2D eigenvalue weighted by Gasteiger charge is -2.11. The molecule has 0 saturated carbocycles. The van der Waals surface area contributed by atoms with Crippen molar-refractivity contribution in [3.8, 4) is 11.8 Å². The monoisotopic (exact) mass is 321 g/mol. The molecule has 8 nitrogen and oxygen atoms in total. The van der Waals surface area contributed by atoms with Crippen molar-refractivity contribution in [3.05, 3.63) is 41.7 Å². The van der Waals surface area contributed by atoms with Crippen LogP contribution in [0, 0.1) is 11.3 Å². The van der Waals surface area contributed by atoms with Crippen molar-refractivity contribution in [1.29, 1.82) is 5.26 Å². The van der Waals surface area contributed by atoms with Crippen molar-refractivity contribution in [2.24, 2.45) is 0 Å². The van der Waals surface area contributed by atoms with Gasteiger partial charge in [0.2, 0.25) is 0 Å². The summed E-state index contributed by atoms with van der Waals surface area (Å²) in [6.07, 6.45) is 1.20. The third-order valence-electron chi connectivity index (χ3n) is 2.95. The number of nitrogens with two attached hydrogens (primary N) is 1. The maximum absolute atomic E-state index is 11.9. The van der Waals surface area contributed by atoms with E-state index in [1.54, 1.807) is 6.07 Å². The number of rotatable bonds is 3. The van der Waals surface area contributed by atoms with Crippen molar-refractivity contribution < 1.29 is 22.5 Å². The first kappa shape index (κ1) is 15.6. The minimum Gasteiger partial charge on any atom is -0.464 e. The topological polar surface area (TPSA) is 135 Å².